The van der Waals surface area contributed by atoms with Gasteiger partial charge in [-0.1, -0.05) is 24.3 Å². The van der Waals surface area contributed by atoms with Crippen molar-refractivity contribution in [2.75, 3.05) is 50.2 Å². The monoisotopic (exact) mass is 450 g/mol. The molecule has 0 heterocycles. The van der Waals surface area contributed by atoms with Crippen LogP contribution in [0.2, 0.25) is 0 Å². The van der Waals surface area contributed by atoms with Crippen molar-refractivity contribution < 1.29 is 23.7 Å². The van der Waals surface area contributed by atoms with Gasteiger partial charge in [0, 0.05) is 24.0 Å². The van der Waals surface area contributed by atoms with Gasteiger partial charge in [-0.25, -0.2) is 0 Å². The average Bonchev–Trinajstić information content (AvgIpc) is 2.85. The Morgan fingerprint density at radius 1 is 0.697 bits per heavy atom. The van der Waals surface area contributed by atoms with E-state index < -0.39 is 0 Å². The highest BCUT2D eigenvalue weighted by Crippen LogP contribution is 2.18. The van der Waals surface area contributed by atoms with E-state index in [0.29, 0.717) is 44.5 Å². The molecule has 1 amide bonds. The van der Waals surface area contributed by atoms with Gasteiger partial charge in [-0.05, 0) is 55.5 Å². The van der Waals surface area contributed by atoms with Crippen LogP contribution in [-0.2, 0) is 9.53 Å². The Balaban J connectivity index is 1.36. The van der Waals surface area contributed by atoms with Gasteiger partial charge in [-0.15, -0.1) is 0 Å². The van der Waals surface area contributed by atoms with Crippen LogP contribution in [0.4, 0.5) is 11.4 Å². The maximum absolute atomic E-state index is 12.3. The van der Waals surface area contributed by atoms with Crippen molar-refractivity contribution in [3.05, 3.63) is 78.9 Å². The molecule has 7 nitrogen and oxygen atoms in total. The Morgan fingerprint density at radius 3 is 2.06 bits per heavy atom. The first-order chi connectivity index (χ1) is 16.2. The molecule has 33 heavy (non-hydrogen) atoms. The molecule has 0 unspecified atom stereocenters. The summed E-state index contributed by atoms with van der Waals surface area (Å²) in [6.07, 6.45) is 0. The van der Waals surface area contributed by atoms with Crippen LogP contribution in [0.25, 0.3) is 0 Å². The van der Waals surface area contributed by atoms with E-state index >= 15 is 0 Å². The molecular weight excluding hydrogens is 420 g/mol. The molecular formula is C26H30N2O5. The fraction of sp³-hybridized carbons (Fsp3) is 0.269. The fourth-order valence-corrected chi connectivity index (χ4v) is 2.92. The summed E-state index contributed by atoms with van der Waals surface area (Å²) in [5.74, 6) is 2.07. The quantitative estimate of drug-likeness (QED) is 0.349. The molecule has 0 fully saturated rings. The smallest absolute Gasteiger partial charge is 0.243 e. The number of carbonyl (C=O) groups is 1. The number of rotatable bonds is 14. The van der Waals surface area contributed by atoms with Crippen LogP contribution in [0.5, 0.6) is 17.2 Å². The number of anilines is 2. The highest BCUT2D eigenvalue weighted by atomic mass is 16.5. The third-order valence-electron chi connectivity index (χ3n) is 4.49. The van der Waals surface area contributed by atoms with Crippen LogP contribution < -0.4 is 24.8 Å². The highest BCUT2D eigenvalue weighted by molar-refractivity contribution is 5.93. The Kier molecular flexibility index (Phi) is 9.90. The number of hydrogen-bond acceptors (Lipinski definition) is 6. The average molecular weight is 451 g/mol. The van der Waals surface area contributed by atoms with E-state index in [1.54, 1.807) is 6.07 Å². The maximum atomic E-state index is 12.3. The van der Waals surface area contributed by atoms with Crippen LogP contribution in [0.15, 0.2) is 78.9 Å². The summed E-state index contributed by atoms with van der Waals surface area (Å²) in [4.78, 5) is 12.3. The summed E-state index contributed by atoms with van der Waals surface area (Å²) in [6, 6.07) is 24.3. The molecule has 0 aliphatic rings. The molecule has 0 aliphatic heterocycles. The molecule has 7 heteroatoms. The van der Waals surface area contributed by atoms with Crippen molar-refractivity contribution in [1.29, 1.82) is 0 Å². The van der Waals surface area contributed by atoms with Crippen LogP contribution in [-0.4, -0.2) is 45.5 Å². The van der Waals surface area contributed by atoms with E-state index in [-0.39, 0.29) is 12.5 Å². The van der Waals surface area contributed by atoms with E-state index in [4.69, 9.17) is 18.9 Å². The lowest BCUT2D eigenvalue weighted by Gasteiger charge is -2.11. The van der Waals surface area contributed by atoms with E-state index in [0.717, 1.165) is 17.2 Å². The second-order valence-electron chi connectivity index (χ2n) is 7.01. The van der Waals surface area contributed by atoms with Crippen molar-refractivity contribution in [1.82, 2.24) is 0 Å². The van der Waals surface area contributed by atoms with Gasteiger partial charge in [0.2, 0.25) is 5.91 Å². The third-order valence-corrected chi connectivity index (χ3v) is 4.49. The van der Waals surface area contributed by atoms with Crippen molar-refractivity contribution in [3.63, 3.8) is 0 Å². The zero-order valence-corrected chi connectivity index (χ0v) is 18.8. The van der Waals surface area contributed by atoms with Crippen LogP contribution in [0.3, 0.4) is 0 Å². The Bertz CT molecular complexity index is 964. The lowest BCUT2D eigenvalue weighted by molar-refractivity contribution is -0.114. The number of carbonyl (C=O) groups excluding carboxylic acids is 1. The van der Waals surface area contributed by atoms with E-state index in [1.807, 2.05) is 79.7 Å². The first-order valence-corrected chi connectivity index (χ1v) is 11.0. The van der Waals surface area contributed by atoms with Crippen molar-refractivity contribution in [2.45, 2.75) is 6.92 Å². The van der Waals surface area contributed by atoms with Crippen LogP contribution in [0.1, 0.15) is 6.92 Å². The lowest BCUT2D eigenvalue weighted by Crippen LogP contribution is -2.21. The third kappa shape index (κ3) is 9.13. The van der Waals surface area contributed by atoms with Gasteiger partial charge >= 0.3 is 0 Å². The second-order valence-corrected chi connectivity index (χ2v) is 7.01. The molecule has 3 rings (SSSR count). The van der Waals surface area contributed by atoms with Gasteiger partial charge < -0.3 is 29.6 Å². The molecule has 0 aromatic heterocycles. The molecule has 0 saturated heterocycles. The molecule has 0 atom stereocenters. The minimum atomic E-state index is -0.156. The summed E-state index contributed by atoms with van der Waals surface area (Å²) < 4.78 is 22.2. The topological polar surface area (TPSA) is 78.1 Å². The van der Waals surface area contributed by atoms with Crippen molar-refractivity contribution in [2.24, 2.45) is 0 Å². The number of hydrogen-bond donors (Lipinski definition) is 2. The molecule has 0 aliphatic carbocycles. The molecule has 3 aromatic rings. The maximum Gasteiger partial charge on any atom is 0.243 e. The second kappa shape index (κ2) is 13.6. The summed E-state index contributed by atoms with van der Waals surface area (Å²) in [5, 5.41) is 5.97. The lowest BCUT2D eigenvalue weighted by atomic mass is 10.3. The standard InChI is InChI=1S/C26H30N2O5/c1-2-30-15-16-31-24-13-11-21(12-14-24)27-20-26(29)28-22-7-6-10-25(19-22)33-18-17-32-23-8-4-3-5-9-23/h3-14,19,27H,2,15-18,20H2,1H3,(H,28,29). The van der Waals surface area contributed by atoms with Gasteiger partial charge in [0.25, 0.3) is 0 Å². The van der Waals surface area contributed by atoms with Gasteiger partial charge in [0.05, 0.1) is 13.2 Å². The number of nitrogens with one attached hydrogen (secondary N) is 2. The summed E-state index contributed by atoms with van der Waals surface area (Å²) in [6.45, 7) is 4.66. The van der Waals surface area contributed by atoms with Crippen molar-refractivity contribution in [3.8, 4) is 17.2 Å². The molecule has 0 radical (unpaired) electrons. The minimum Gasteiger partial charge on any atom is -0.491 e. The van der Waals surface area contributed by atoms with Gasteiger partial charge in [-0.3, -0.25) is 4.79 Å². The zero-order chi connectivity index (χ0) is 23.1. The number of ether oxygens (including phenoxy) is 4. The SMILES string of the molecule is CCOCCOc1ccc(NCC(=O)Nc2cccc(OCCOc3ccccc3)c2)cc1. The van der Waals surface area contributed by atoms with E-state index in [2.05, 4.69) is 10.6 Å². The number of amides is 1. The predicted molar refractivity (Wildman–Crippen MR) is 129 cm³/mol. The van der Waals surface area contributed by atoms with Gasteiger partial charge in [-0.2, -0.15) is 0 Å². The normalized spacial score (nSPS) is 10.3. The largest absolute Gasteiger partial charge is 0.491 e. The minimum absolute atomic E-state index is 0.139. The van der Waals surface area contributed by atoms with Crippen LogP contribution >= 0.6 is 0 Å². The summed E-state index contributed by atoms with van der Waals surface area (Å²) in [5.41, 5.74) is 1.50. The van der Waals surface area contributed by atoms with Crippen molar-refractivity contribution >= 4 is 17.3 Å². The van der Waals surface area contributed by atoms with Gasteiger partial charge in [0.1, 0.15) is 37.1 Å². The van der Waals surface area contributed by atoms with E-state index in [9.17, 15) is 4.79 Å². The molecule has 3 aromatic carbocycles. The first-order valence-electron chi connectivity index (χ1n) is 11.0. The molecule has 0 saturated carbocycles. The predicted octanol–water partition coefficient (Wildman–Crippen LogP) is 4.61. The Labute approximate surface area is 194 Å². The number of benzene rings is 3. The summed E-state index contributed by atoms with van der Waals surface area (Å²) in [7, 11) is 0. The fourth-order valence-electron chi connectivity index (χ4n) is 2.92. The zero-order valence-electron chi connectivity index (χ0n) is 18.8. The molecule has 0 spiro atoms. The highest BCUT2D eigenvalue weighted by Gasteiger charge is 2.04. The van der Waals surface area contributed by atoms with E-state index in [1.165, 1.54) is 0 Å². The Hall–Kier alpha value is -3.71. The first kappa shape index (κ1) is 23.9. The molecule has 0 bridgehead atoms. The Morgan fingerprint density at radius 2 is 1.33 bits per heavy atom. The number of para-hydroxylation sites is 1. The van der Waals surface area contributed by atoms with Gasteiger partial charge in [0.15, 0.2) is 0 Å². The molecule has 2 N–H and O–H groups in total. The van der Waals surface area contributed by atoms with Crippen LogP contribution in [0, 0.1) is 0 Å². The molecule has 174 valence electrons. The summed E-state index contributed by atoms with van der Waals surface area (Å²) >= 11 is 0.